The Morgan fingerprint density at radius 3 is 2.64 bits per heavy atom. The maximum absolute atomic E-state index is 10.7. The van der Waals surface area contributed by atoms with Crippen molar-refractivity contribution in [2.45, 2.75) is 13.0 Å². The van der Waals surface area contributed by atoms with Gasteiger partial charge in [0, 0.05) is 6.66 Å². The Morgan fingerprint density at radius 2 is 2.27 bits per heavy atom. The first-order chi connectivity index (χ1) is 4.95. The standard InChI is InChI=1S/C5H12BO4P/c1-5(3-10-6)9-4-11(2,7)8/h5H,3-4H2,1-2H3,(H,7,8). The molecule has 2 atom stereocenters. The molecule has 6 heteroatoms. The van der Waals surface area contributed by atoms with Gasteiger partial charge >= 0.3 is 0 Å². The van der Waals surface area contributed by atoms with E-state index in [9.17, 15) is 4.57 Å². The SMILES string of the molecule is [B]OCC(C)OCP(C)(=O)O. The highest BCUT2D eigenvalue weighted by Crippen LogP contribution is 2.34. The summed E-state index contributed by atoms with van der Waals surface area (Å²) in [5.41, 5.74) is 0. The van der Waals surface area contributed by atoms with E-state index in [2.05, 4.69) is 4.65 Å². The lowest BCUT2D eigenvalue weighted by atomic mass is 10.4. The monoisotopic (exact) mass is 178 g/mol. The van der Waals surface area contributed by atoms with E-state index in [0.717, 1.165) is 0 Å². The van der Waals surface area contributed by atoms with Crippen molar-refractivity contribution in [1.29, 1.82) is 0 Å². The highest BCUT2D eigenvalue weighted by molar-refractivity contribution is 7.56. The highest BCUT2D eigenvalue weighted by atomic mass is 31.2. The molecule has 4 nitrogen and oxygen atoms in total. The van der Waals surface area contributed by atoms with Crippen LogP contribution in [-0.4, -0.2) is 38.7 Å². The van der Waals surface area contributed by atoms with Crippen molar-refractivity contribution >= 4 is 15.4 Å². The van der Waals surface area contributed by atoms with E-state index in [0.29, 0.717) is 0 Å². The van der Waals surface area contributed by atoms with Gasteiger partial charge in [-0.25, -0.2) is 0 Å². The Balaban J connectivity index is 3.46. The second kappa shape index (κ2) is 4.93. The van der Waals surface area contributed by atoms with Crippen molar-refractivity contribution in [2.24, 2.45) is 0 Å². The zero-order valence-corrected chi connectivity index (χ0v) is 7.58. The van der Waals surface area contributed by atoms with E-state index in [4.69, 9.17) is 17.7 Å². The van der Waals surface area contributed by atoms with Crippen LogP contribution in [0, 0.1) is 0 Å². The van der Waals surface area contributed by atoms with Gasteiger partial charge in [0.25, 0.3) is 8.05 Å². The average molecular weight is 178 g/mol. The highest BCUT2D eigenvalue weighted by Gasteiger charge is 2.11. The van der Waals surface area contributed by atoms with Crippen LogP contribution in [-0.2, 0) is 14.0 Å². The van der Waals surface area contributed by atoms with Crippen molar-refractivity contribution in [3.63, 3.8) is 0 Å². The topological polar surface area (TPSA) is 55.8 Å². The Hall–Kier alpha value is 0.175. The molecule has 0 saturated carbocycles. The number of hydrogen-bond acceptors (Lipinski definition) is 3. The van der Waals surface area contributed by atoms with Gasteiger partial charge in [0.2, 0.25) is 7.37 Å². The van der Waals surface area contributed by atoms with E-state index in [1.807, 2.05) is 0 Å². The molecular weight excluding hydrogens is 166 g/mol. The van der Waals surface area contributed by atoms with Crippen LogP contribution in [0.15, 0.2) is 0 Å². The molecule has 0 aliphatic rings. The quantitative estimate of drug-likeness (QED) is 0.487. The van der Waals surface area contributed by atoms with Crippen LogP contribution in [0.1, 0.15) is 6.92 Å². The van der Waals surface area contributed by atoms with Gasteiger partial charge in [-0.2, -0.15) is 0 Å². The molecule has 0 rings (SSSR count). The van der Waals surface area contributed by atoms with Gasteiger partial charge < -0.3 is 14.3 Å². The van der Waals surface area contributed by atoms with Gasteiger partial charge in [0.05, 0.1) is 12.7 Å². The van der Waals surface area contributed by atoms with Gasteiger partial charge in [0.1, 0.15) is 6.35 Å². The third kappa shape index (κ3) is 8.08. The fourth-order valence-electron chi connectivity index (χ4n) is 0.449. The lowest BCUT2D eigenvalue weighted by Gasteiger charge is -2.13. The van der Waals surface area contributed by atoms with Gasteiger partial charge in [-0.1, -0.05) is 0 Å². The summed E-state index contributed by atoms with van der Waals surface area (Å²) in [5.74, 6) is 0. The summed E-state index contributed by atoms with van der Waals surface area (Å²) in [7, 11) is 1.70. The fraction of sp³-hybridized carbons (Fsp3) is 1.00. The molecule has 0 aliphatic heterocycles. The largest absolute Gasteiger partial charge is 0.445 e. The van der Waals surface area contributed by atoms with Crippen molar-refractivity contribution in [2.75, 3.05) is 19.6 Å². The molecule has 0 aromatic heterocycles. The van der Waals surface area contributed by atoms with Gasteiger partial charge in [-0.3, -0.25) is 4.57 Å². The lowest BCUT2D eigenvalue weighted by Crippen LogP contribution is -2.15. The molecule has 0 saturated heterocycles. The molecule has 0 aromatic rings. The molecule has 0 aliphatic carbocycles. The summed E-state index contributed by atoms with van der Waals surface area (Å²) in [5, 5.41) is 0. The third-order valence-electron chi connectivity index (χ3n) is 0.930. The zero-order chi connectivity index (χ0) is 8.91. The summed E-state index contributed by atoms with van der Waals surface area (Å²) < 4.78 is 19.9. The number of hydrogen-bond donors (Lipinski definition) is 1. The molecule has 0 aromatic carbocycles. The Labute approximate surface area is 67.8 Å². The zero-order valence-electron chi connectivity index (χ0n) is 6.69. The molecule has 64 valence electrons. The molecule has 0 amide bonds. The van der Waals surface area contributed by atoms with Crippen LogP contribution in [0.25, 0.3) is 0 Å². The maximum Gasteiger partial charge on any atom is 0.282 e. The minimum atomic E-state index is -3.06. The van der Waals surface area contributed by atoms with E-state index in [1.54, 1.807) is 6.92 Å². The van der Waals surface area contributed by atoms with Gasteiger partial charge in [0.15, 0.2) is 0 Å². The van der Waals surface area contributed by atoms with E-state index in [1.165, 1.54) is 6.66 Å². The summed E-state index contributed by atoms with van der Waals surface area (Å²) in [4.78, 5) is 8.79. The molecule has 11 heavy (non-hydrogen) atoms. The second-order valence-electron chi connectivity index (χ2n) is 2.49. The van der Waals surface area contributed by atoms with E-state index < -0.39 is 7.37 Å². The predicted octanol–water partition coefficient (Wildman–Crippen LogP) is 0.349. The summed E-state index contributed by atoms with van der Waals surface area (Å²) in [6.45, 7) is 3.17. The molecule has 0 heterocycles. The van der Waals surface area contributed by atoms with Crippen LogP contribution >= 0.6 is 7.37 Å². The molecular formula is C5H12BO4P. The lowest BCUT2D eigenvalue weighted by molar-refractivity contribution is 0.0583. The van der Waals surface area contributed by atoms with Crippen LogP contribution in [0.5, 0.6) is 0 Å². The Kier molecular flexibility index (Phi) is 5.01. The van der Waals surface area contributed by atoms with Crippen LogP contribution < -0.4 is 0 Å². The second-order valence-corrected chi connectivity index (χ2v) is 4.85. The molecule has 2 radical (unpaired) electrons. The summed E-state index contributed by atoms with van der Waals surface area (Å²) in [6.07, 6.45) is -0.405. The van der Waals surface area contributed by atoms with Crippen LogP contribution in [0.2, 0.25) is 0 Å². The average Bonchev–Trinajstić information content (AvgIpc) is 1.83. The van der Waals surface area contributed by atoms with Crippen LogP contribution in [0.4, 0.5) is 0 Å². The minimum absolute atomic E-state index is 0.155. The van der Waals surface area contributed by atoms with Gasteiger partial charge in [-0.15, -0.1) is 0 Å². The predicted molar refractivity (Wildman–Crippen MR) is 42.9 cm³/mol. The third-order valence-corrected chi connectivity index (χ3v) is 1.56. The first-order valence-corrected chi connectivity index (χ1v) is 5.47. The fourth-order valence-corrected chi connectivity index (χ4v) is 0.980. The molecule has 0 fully saturated rings. The molecule has 1 N–H and O–H groups in total. The van der Waals surface area contributed by atoms with Gasteiger partial charge in [-0.05, 0) is 6.92 Å². The normalized spacial score (nSPS) is 19.2. The molecule has 0 spiro atoms. The Bertz CT molecular complexity index is 145. The first kappa shape index (κ1) is 11.2. The molecule has 0 bridgehead atoms. The van der Waals surface area contributed by atoms with E-state index >= 15 is 0 Å². The summed E-state index contributed by atoms with van der Waals surface area (Å²) in [6, 6.07) is 0. The van der Waals surface area contributed by atoms with Crippen molar-refractivity contribution < 1.29 is 18.8 Å². The van der Waals surface area contributed by atoms with Crippen molar-refractivity contribution in [3.05, 3.63) is 0 Å². The van der Waals surface area contributed by atoms with E-state index in [-0.39, 0.29) is 19.1 Å². The molecule has 2 unspecified atom stereocenters. The smallest absolute Gasteiger partial charge is 0.282 e. The Morgan fingerprint density at radius 1 is 1.73 bits per heavy atom. The van der Waals surface area contributed by atoms with Crippen molar-refractivity contribution in [1.82, 2.24) is 0 Å². The summed E-state index contributed by atoms with van der Waals surface area (Å²) >= 11 is 0. The van der Waals surface area contributed by atoms with Crippen LogP contribution in [0.3, 0.4) is 0 Å². The maximum atomic E-state index is 10.7. The first-order valence-electron chi connectivity index (χ1n) is 3.18. The number of ether oxygens (including phenoxy) is 1. The number of rotatable bonds is 5. The van der Waals surface area contributed by atoms with Crippen molar-refractivity contribution in [3.8, 4) is 0 Å². The minimum Gasteiger partial charge on any atom is -0.445 e.